The Balaban J connectivity index is 2.22. The van der Waals surface area contributed by atoms with Gasteiger partial charge in [0.15, 0.2) is 5.60 Å². The molecule has 0 aromatic heterocycles. The van der Waals surface area contributed by atoms with Gasteiger partial charge in [0, 0.05) is 10.6 Å². The Morgan fingerprint density at radius 2 is 1.74 bits per heavy atom. The van der Waals surface area contributed by atoms with Crippen LogP contribution in [0.1, 0.15) is 17.0 Å². The van der Waals surface area contributed by atoms with E-state index in [9.17, 15) is 19.1 Å². The molecule has 0 radical (unpaired) electrons. The minimum absolute atomic E-state index is 0.0399. The molecule has 0 aliphatic carbocycles. The van der Waals surface area contributed by atoms with Gasteiger partial charge in [-0.3, -0.25) is 4.79 Å². The third-order valence-electron chi connectivity index (χ3n) is 3.88. The molecule has 1 aliphatic heterocycles. The van der Waals surface area contributed by atoms with E-state index in [1.807, 2.05) is 0 Å². The van der Waals surface area contributed by atoms with Crippen LogP contribution in [0.4, 0.5) is 10.1 Å². The first kappa shape index (κ1) is 15.9. The molecule has 0 fully saturated rings. The largest absolute Gasteiger partial charge is 0.374 e. The first-order chi connectivity index (χ1) is 10.9. The van der Waals surface area contributed by atoms with Crippen LogP contribution in [0.25, 0.3) is 0 Å². The number of anilines is 1. The summed E-state index contributed by atoms with van der Waals surface area (Å²) in [4.78, 5) is 24.0. The van der Waals surface area contributed by atoms with Gasteiger partial charge in [-0.05, 0) is 29.8 Å². The highest BCUT2D eigenvalue weighted by atomic mass is 35.5. The van der Waals surface area contributed by atoms with Crippen molar-refractivity contribution in [3.63, 3.8) is 0 Å². The van der Waals surface area contributed by atoms with E-state index >= 15 is 0 Å². The lowest BCUT2D eigenvalue weighted by Crippen LogP contribution is -2.41. The molecule has 0 spiro atoms. The zero-order valence-corrected chi connectivity index (χ0v) is 13.0. The molecule has 1 aliphatic rings. The molecule has 3 rings (SSSR count). The summed E-state index contributed by atoms with van der Waals surface area (Å²) in [6.07, 6.45) is 0.430. The maximum atomic E-state index is 13.1. The van der Waals surface area contributed by atoms with E-state index in [1.165, 1.54) is 24.3 Å². The average Bonchev–Trinajstić information content (AvgIpc) is 2.80. The standard InChI is InChI=1S/C16H10Cl2FNO3/c17-11-5-6-12(18)14-13(11)16(23,15(22)20-14)10(7-21)8-1-3-9(19)4-2-8/h1-7,10,23H,(H,20,22). The average molecular weight is 354 g/mol. The van der Waals surface area contributed by atoms with Gasteiger partial charge in [-0.2, -0.15) is 0 Å². The molecular formula is C16H10Cl2FNO3. The van der Waals surface area contributed by atoms with Gasteiger partial charge in [-0.25, -0.2) is 4.39 Å². The van der Waals surface area contributed by atoms with Crippen molar-refractivity contribution in [1.82, 2.24) is 0 Å². The van der Waals surface area contributed by atoms with Crippen molar-refractivity contribution >= 4 is 41.1 Å². The number of nitrogens with one attached hydrogen (secondary N) is 1. The number of aldehydes is 1. The molecule has 2 N–H and O–H groups in total. The third kappa shape index (κ3) is 2.32. The summed E-state index contributed by atoms with van der Waals surface area (Å²) >= 11 is 12.1. The summed E-state index contributed by atoms with van der Waals surface area (Å²) in [6.45, 7) is 0. The fourth-order valence-corrected chi connectivity index (χ4v) is 3.26. The predicted octanol–water partition coefficient (Wildman–Crippen LogP) is 3.25. The molecule has 0 saturated heterocycles. The van der Waals surface area contributed by atoms with Gasteiger partial charge in [-0.15, -0.1) is 0 Å². The molecule has 4 nitrogen and oxygen atoms in total. The van der Waals surface area contributed by atoms with Crippen LogP contribution in [0.2, 0.25) is 10.0 Å². The Hall–Kier alpha value is -1.95. The quantitative estimate of drug-likeness (QED) is 0.832. The van der Waals surface area contributed by atoms with Crippen LogP contribution >= 0.6 is 23.2 Å². The fourth-order valence-electron chi connectivity index (χ4n) is 2.75. The minimum atomic E-state index is -2.23. The third-order valence-corrected chi connectivity index (χ3v) is 4.51. The molecule has 2 unspecified atom stereocenters. The summed E-state index contributed by atoms with van der Waals surface area (Å²) in [5.74, 6) is -2.58. The highest BCUT2D eigenvalue weighted by Crippen LogP contribution is 2.50. The van der Waals surface area contributed by atoms with Gasteiger partial charge in [0.1, 0.15) is 12.1 Å². The summed E-state index contributed by atoms with van der Waals surface area (Å²) in [7, 11) is 0. The van der Waals surface area contributed by atoms with Crippen molar-refractivity contribution in [2.75, 3.05) is 5.32 Å². The Morgan fingerprint density at radius 3 is 2.35 bits per heavy atom. The predicted molar refractivity (Wildman–Crippen MR) is 84.2 cm³/mol. The van der Waals surface area contributed by atoms with Crippen LogP contribution in [-0.4, -0.2) is 17.3 Å². The van der Waals surface area contributed by atoms with E-state index in [4.69, 9.17) is 23.2 Å². The summed E-state index contributed by atoms with van der Waals surface area (Å²) in [6, 6.07) is 7.85. The molecule has 23 heavy (non-hydrogen) atoms. The lowest BCUT2D eigenvalue weighted by molar-refractivity contribution is -0.139. The number of rotatable bonds is 3. The molecule has 1 heterocycles. The molecule has 2 aromatic carbocycles. The van der Waals surface area contributed by atoms with Crippen molar-refractivity contribution in [2.45, 2.75) is 11.5 Å². The number of hydrogen-bond donors (Lipinski definition) is 2. The number of amides is 1. The van der Waals surface area contributed by atoms with E-state index in [-0.39, 0.29) is 26.9 Å². The second-order valence-corrected chi connectivity index (χ2v) is 5.98. The Bertz CT molecular complexity index is 810. The molecule has 0 bridgehead atoms. The number of carbonyl (C=O) groups is 2. The van der Waals surface area contributed by atoms with Crippen LogP contribution in [0.15, 0.2) is 36.4 Å². The van der Waals surface area contributed by atoms with E-state index < -0.39 is 23.2 Å². The maximum absolute atomic E-state index is 13.1. The molecule has 0 saturated carbocycles. The van der Waals surface area contributed by atoms with E-state index in [2.05, 4.69) is 5.32 Å². The molecular weight excluding hydrogens is 344 g/mol. The molecule has 7 heteroatoms. The molecule has 1 amide bonds. The van der Waals surface area contributed by atoms with Gasteiger partial charge in [0.05, 0.1) is 16.6 Å². The monoisotopic (exact) mass is 353 g/mol. The van der Waals surface area contributed by atoms with Gasteiger partial charge in [0.2, 0.25) is 0 Å². The molecule has 118 valence electrons. The second kappa shape index (κ2) is 5.60. The molecule has 2 aromatic rings. The van der Waals surface area contributed by atoms with Crippen molar-refractivity contribution in [2.24, 2.45) is 0 Å². The Kier molecular flexibility index (Phi) is 3.88. The summed E-state index contributed by atoms with van der Waals surface area (Å²) in [5, 5.41) is 13.8. The van der Waals surface area contributed by atoms with Crippen LogP contribution < -0.4 is 5.32 Å². The van der Waals surface area contributed by atoms with Gasteiger partial charge < -0.3 is 15.2 Å². The SMILES string of the molecule is O=CC(c1ccc(F)cc1)C1(O)C(=O)Nc2c(Cl)ccc(Cl)c21. The summed E-state index contributed by atoms with van der Waals surface area (Å²) < 4.78 is 13.1. The van der Waals surface area contributed by atoms with E-state index in [0.717, 1.165) is 12.1 Å². The lowest BCUT2D eigenvalue weighted by atomic mass is 9.79. The Morgan fingerprint density at radius 1 is 1.13 bits per heavy atom. The van der Waals surface area contributed by atoms with Crippen LogP contribution in [0.5, 0.6) is 0 Å². The number of benzene rings is 2. The first-order valence-corrected chi connectivity index (χ1v) is 7.38. The number of aliphatic hydroxyl groups is 1. The number of fused-ring (bicyclic) bond motifs is 1. The fraction of sp³-hybridized carbons (Fsp3) is 0.125. The normalized spacial score (nSPS) is 20.8. The highest BCUT2D eigenvalue weighted by Gasteiger charge is 2.53. The lowest BCUT2D eigenvalue weighted by Gasteiger charge is -2.28. The van der Waals surface area contributed by atoms with Crippen molar-refractivity contribution < 1.29 is 19.1 Å². The zero-order chi connectivity index (χ0) is 16.8. The van der Waals surface area contributed by atoms with Gasteiger partial charge in [-0.1, -0.05) is 35.3 Å². The number of halogens is 3. The number of hydrogen-bond acceptors (Lipinski definition) is 3. The van der Waals surface area contributed by atoms with E-state index in [0.29, 0.717) is 6.29 Å². The van der Waals surface area contributed by atoms with Crippen LogP contribution in [0.3, 0.4) is 0 Å². The number of carbonyl (C=O) groups excluding carboxylic acids is 2. The maximum Gasteiger partial charge on any atom is 0.262 e. The Labute approximate surface area is 140 Å². The van der Waals surface area contributed by atoms with Crippen molar-refractivity contribution in [3.8, 4) is 0 Å². The smallest absolute Gasteiger partial charge is 0.262 e. The second-order valence-electron chi connectivity index (χ2n) is 5.17. The van der Waals surface area contributed by atoms with E-state index in [1.54, 1.807) is 0 Å². The minimum Gasteiger partial charge on any atom is -0.374 e. The zero-order valence-electron chi connectivity index (χ0n) is 11.5. The molecule has 2 atom stereocenters. The van der Waals surface area contributed by atoms with Gasteiger partial charge >= 0.3 is 0 Å². The van der Waals surface area contributed by atoms with Crippen molar-refractivity contribution in [3.05, 3.63) is 63.4 Å². The van der Waals surface area contributed by atoms with Gasteiger partial charge in [0.25, 0.3) is 5.91 Å². The summed E-state index contributed by atoms with van der Waals surface area (Å²) in [5.41, 5.74) is -1.74. The first-order valence-electron chi connectivity index (χ1n) is 6.62. The van der Waals surface area contributed by atoms with Crippen LogP contribution in [0, 0.1) is 5.82 Å². The van der Waals surface area contributed by atoms with Crippen LogP contribution in [-0.2, 0) is 15.2 Å². The highest BCUT2D eigenvalue weighted by molar-refractivity contribution is 6.38. The topological polar surface area (TPSA) is 66.4 Å². The van der Waals surface area contributed by atoms with Crippen molar-refractivity contribution in [1.29, 1.82) is 0 Å².